The molecule has 0 radical (unpaired) electrons. The Morgan fingerprint density at radius 3 is 2.43 bits per heavy atom. The number of nitrogens with zero attached hydrogens (tertiary/aromatic N) is 1. The third-order valence-electron chi connectivity index (χ3n) is 3.58. The molecular weight excluding hydrogens is 340 g/mol. The molecule has 1 aromatic carbocycles. The van der Waals surface area contributed by atoms with E-state index in [-0.39, 0.29) is 30.6 Å². The van der Waals surface area contributed by atoms with E-state index in [4.69, 9.17) is 10.8 Å². The molecule has 2 atom stereocenters. The monoisotopic (exact) mass is 358 g/mol. The van der Waals surface area contributed by atoms with Gasteiger partial charge in [-0.25, -0.2) is 4.90 Å². The molecule has 126 valence electrons. The molecule has 2 rings (SSSR count). The van der Waals surface area contributed by atoms with E-state index in [1.165, 1.54) is 0 Å². The third-order valence-corrected chi connectivity index (χ3v) is 5.09. The molecule has 1 aromatic rings. The Labute approximate surface area is 144 Å². The Hall–Kier alpha value is -1.57. The highest BCUT2D eigenvalue weighted by Gasteiger charge is 2.45. The maximum Gasteiger partial charge on any atom is 0.321 e. The normalized spacial score (nSPS) is 19.4. The van der Waals surface area contributed by atoms with Crippen LogP contribution in [-0.2, 0) is 14.4 Å². The van der Waals surface area contributed by atoms with Crippen LogP contribution in [0.25, 0.3) is 0 Å². The van der Waals surface area contributed by atoms with Gasteiger partial charge in [-0.05, 0) is 26.0 Å². The number of anilines is 1. The summed E-state index contributed by atoms with van der Waals surface area (Å²) in [4.78, 5) is 36.8. The van der Waals surface area contributed by atoms with E-state index in [0.717, 1.165) is 16.7 Å². The quantitative estimate of drug-likeness (QED) is 0.776. The van der Waals surface area contributed by atoms with Crippen LogP contribution in [0.3, 0.4) is 0 Å². The number of para-hydroxylation sites is 1. The van der Waals surface area contributed by atoms with E-state index in [0.29, 0.717) is 5.69 Å². The van der Waals surface area contributed by atoms with Gasteiger partial charge in [-0.1, -0.05) is 18.2 Å². The summed E-state index contributed by atoms with van der Waals surface area (Å²) in [6.45, 7) is 3.33. The lowest BCUT2D eigenvalue weighted by Gasteiger charge is -2.30. The van der Waals surface area contributed by atoms with Crippen molar-refractivity contribution in [1.82, 2.24) is 0 Å². The van der Waals surface area contributed by atoms with Crippen molar-refractivity contribution >= 4 is 47.6 Å². The Bertz CT molecular complexity index is 609. The van der Waals surface area contributed by atoms with Crippen molar-refractivity contribution in [1.29, 1.82) is 0 Å². The molecule has 2 unspecified atom stereocenters. The number of hydrogen-bond donors (Lipinski definition) is 2. The second kappa shape index (κ2) is 7.33. The van der Waals surface area contributed by atoms with Crippen molar-refractivity contribution in [3.63, 3.8) is 0 Å². The van der Waals surface area contributed by atoms with Gasteiger partial charge in [-0.2, -0.15) is 0 Å². The fourth-order valence-electron chi connectivity index (χ4n) is 2.28. The highest BCUT2D eigenvalue weighted by atomic mass is 35.5. The molecule has 3 N–H and O–H groups in total. The lowest BCUT2D eigenvalue weighted by Crippen LogP contribution is -2.48. The Morgan fingerprint density at radius 1 is 1.35 bits per heavy atom. The van der Waals surface area contributed by atoms with Crippen molar-refractivity contribution < 1.29 is 19.5 Å². The number of carbonyl (C=O) groups excluding carboxylic acids is 2. The number of carbonyl (C=O) groups is 3. The molecule has 1 fully saturated rings. The first kappa shape index (κ1) is 19.5. The maximum absolute atomic E-state index is 12.5. The molecule has 1 aliphatic rings. The van der Waals surface area contributed by atoms with Gasteiger partial charge in [-0.3, -0.25) is 14.4 Å². The zero-order valence-electron chi connectivity index (χ0n) is 12.8. The average molecular weight is 359 g/mol. The standard InChI is InChI=1S/C15H18N2O4S.ClH/c1-15(2,12(16)14(20)21)22-10-8-11(18)17(13(10)19)9-6-4-3-5-7-9;/h3-7,10,12H,8,16H2,1-2H3,(H,20,21);1H. The molecule has 1 saturated heterocycles. The summed E-state index contributed by atoms with van der Waals surface area (Å²) in [5.41, 5.74) is 6.20. The number of amides is 2. The molecule has 1 aliphatic heterocycles. The van der Waals surface area contributed by atoms with E-state index >= 15 is 0 Å². The van der Waals surface area contributed by atoms with Gasteiger partial charge < -0.3 is 10.8 Å². The molecule has 2 amide bonds. The minimum absolute atomic E-state index is 0. The van der Waals surface area contributed by atoms with Crippen molar-refractivity contribution in [3.05, 3.63) is 30.3 Å². The van der Waals surface area contributed by atoms with E-state index in [9.17, 15) is 14.4 Å². The van der Waals surface area contributed by atoms with E-state index < -0.39 is 22.0 Å². The molecule has 8 heteroatoms. The number of carboxylic acid groups (broad SMARTS) is 1. The molecule has 0 aliphatic carbocycles. The number of nitrogens with two attached hydrogens (primary N) is 1. The second-order valence-electron chi connectivity index (χ2n) is 5.63. The van der Waals surface area contributed by atoms with Gasteiger partial charge >= 0.3 is 5.97 Å². The zero-order chi connectivity index (χ0) is 16.5. The molecule has 6 nitrogen and oxygen atoms in total. The van der Waals surface area contributed by atoms with E-state index in [2.05, 4.69) is 0 Å². The first-order valence-electron chi connectivity index (χ1n) is 6.82. The predicted molar refractivity (Wildman–Crippen MR) is 91.9 cm³/mol. The van der Waals surface area contributed by atoms with Crippen LogP contribution in [0.2, 0.25) is 0 Å². The highest BCUT2D eigenvalue weighted by molar-refractivity contribution is 8.02. The first-order chi connectivity index (χ1) is 10.2. The minimum atomic E-state index is -1.13. The number of halogens is 1. The van der Waals surface area contributed by atoms with Crippen molar-refractivity contribution in [2.24, 2.45) is 5.73 Å². The first-order valence-corrected chi connectivity index (χ1v) is 7.70. The van der Waals surface area contributed by atoms with Crippen molar-refractivity contribution in [2.75, 3.05) is 4.90 Å². The Balaban J connectivity index is 0.00000264. The number of benzene rings is 1. The SMILES string of the molecule is CC(C)(SC1CC(=O)N(c2ccccc2)C1=O)C(N)C(=O)O.Cl. The fourth-order valence-corrected chi connectivity index (χ4v) is 3.69. The summed E-state index contributed by atoms with van der Waals surface area (Å²) in [6.07, 6.45) is 0.0498. The Morgan fingerprint density at radius 2 is 1.91 bits per heavy atom. The topological polar surface area (TPSA) is 101 Å². The van der Waals surface area contributed by atoms with Crippen LogP contribution in [-0.4, -0.2) is 38.9 Å². The van der Waals surface area contributed by atoms with Gasteiger partial charge in [0.15, 0.2) is 0 Å². The van der Waals surface area contributed by atoms with Crippen LogP contribution in [0.4, 0.5) is 5.69 Å². The lowest BCUT2D eigenvalue weighted by atomic mass is 10.1. The number of rotatable bonds is 5. The van der Waals surface area contributed by atoms with Crippen LogP contribution >= 0.6 is 24.2 Å². The molecule has 0 bridgehead atoms. The maximum atomic E-state index is 12.5. The van der Waals surface area contributed by atoms with Crippen LogP contribution in [0.5, 0.6) is 0 Å². The molecule has 0 saturated carbocycles. The minimum Gasteiger partial charge on any atom is -0.480 e. The zero-order valence-corrected chi connectivity index (χ0v) is 14.4. The lowest BCUT2D eigenvalue weighted by molar-refractivity contribution is -0.139. The molecule has 0 aromatic heterocycles. The summed E-state index contributed by atoms with van der Waals surface area (Å²) in [6, 6.07) is 7.57. The summed E-state index contributed by atoms with van der Waals surface area (Å²) in [5.74, 6) is -1.74. The van der Waals surface area contributed by atoms with Crippen LogP contribution < -0.4 is 10.6 Å². The van der Waals surface area contributed by atoms with E-state index in [1.54, 1.807) is 44.2 Å². The van der Waals surface area contributed by atoms with E-state index in [1.807, 2.05) is 0 Å². The largest absolute Gasteiger partial charge is 0.480 e. The van der Waals surface area contributed by atoms with Crippen molar-refractivity contribution in [3.8, 4) is 0 Å². The van der Waals surface area contributed by atoms with Gasteiger partial charge in [0.1, 0.15) is 6.04 Å². The number of aliphatic carboxylic acids is 1. The van der Waals surface area contributed by atoms with Crippen LogP contribution in [0, 0.1) is 0 Å². The van der Waals surface area contributed by atoms with Gasteiger partial charge in [0.25, 0.3) is 0 Å². The number of carboxylic acids is 1. The summed E-state index contributed by atoms with van der Waals surface area (Å²) in [5, 5.41) is 8.42. The molecule has 0 spiro atoms. The van der Waals surface area contributed by atoms with Gasteiger partial charge in [0.05, 0.1) is 10.9 Å². The predicted octanol–water partition coefficient (Wildman–Crippen LogP) is 1.66. The van der Waals surface area contributed by atoms with Gasteiger partial charge in [0, 0.05) is 11.2 Å². The third kappa shape index (κ3) is 4.04. The summed E-state index contributed by atoms with van der Waals surface area (Å²) < 4.78 is -0.862. The van der Waals surface area contributed by atoms with Gasteiger partial charge in [0.2, 0.25) is 11.8 Å². The average Bonchev–Trinajstić information content (AvgIpc) is 2.72. The number of imide groups is 1. The van der Waals surface area contributed by atoms with Gasteiger partial charge in [-0.15, -0.1) is 24.2 Å². The van der Waals surface area contributed by atoms with Crippen LogP contribution in [0.1, 0.15) is 20.3 Å². The molecule has 23 heavy (non-hydrogen) atoms. The fraction of sp³-hybridized carbons (Fsp3) is 0.400. The summed E-state index contributed by atoms with van der Waals surface area (Å²) in [7, 11) is 0. The smallest absolute Gasteiger partial charge is 0.321 e. The highest BCUT2D eigenvalue weighted by Crippen LogP contribution is 2.38. The number of thioether (sulfide) groups is 1. The molecule has 1 heterocycles. The summed E-state index contributed by atoms with van der Waals surface area (Å²) >= 11 is 1.14. The van der Waals surface area contributed by atoms with Crippen molar-refractivity contribution in [2.45, 2.75) is 36.3 Å². The number of hydrogen-bond acceptors (Lipinski definition) is 5. The second-order valence-corrected chi connectivity index (χ2v) is 7.49. The Kier molecular flexibility index (Phi) is 6.21. The van der Waals surface area contributed by atoms with Crippen LogP contribution in [0.15, 0.2) is 30.3 Å². The molecular formula is C15H19ClN2O4S.